The summed E-state index contributed by atoms with van der Waals surface area (Å²) in [6.45, 7) is 3.00. The first kappa shape index (κ1) is 20.5. The van der Waals surface area contributed by atoms with E-state index in [4.69, 9.17) is 5.11 Å². The van der Waals surface area contributed by atoms with Crippen molar-refractivity contribution in [2.45, 2.75) is 13.0 Å². The number of aromatic amines is 1. The molecule has 3 N–H and O–H groups in total. The number of imidazole rings is 1. The van der Waals surface area contributed by atoms with Crippen molar-refractivity contribution in [1.82, 2.24) is 15.3 Å². The standard InChI is InChI=1S/C24H22F2N4O2/c25-19-10-15(11-20(26)18(19)13-31)14-1-4-23(32)17(9-14)24-28-21-3-2-16(12-22(21)29-24)30-7-5-27-6-8-30/h1-3,9-12,27,31H,4-8,13H2,(H,28,29). The Kier molecular flexibility index (Phi) is 5.32. The Morgan fingerprint density at radius 3 is 2.56 bits per heavy atom. The lowest BCUT2D eigenvalue weighted by Gasteiger charge is -2.29. The number of aliphatic hydroxyl groups excluding tert-OH is 1. The zero-order chi connectivity index (χ0) is 22.2. The van der Waals surface area contributed by atoms with Gasteiger partial charge in [0.05, 0.1) is 23.2 Å². The summed E-state index contributed by atoms with van der Waals surface area (Å²) >= 11 is 0. The fraction of sp³-hybridized carbons (Fsp3) is 0.250. The van der Waals surface area contributed by atoms with E-state index in [1.54, 1.807) is 12.2 Å². The average Bonchev–Trinajstić information content (AvgIpc) is 3.23. The highest BCUT2D eigenvalue weighted by atomic mass is 19.1. The number of benzene rings is 2. The van der Waals surface area contributed by atoms with Gasteiger partial charge in [0.1, 0.15) is 17.5 Å². The number of carbonyl (C=O) groups is 1. The number of halogens is 2. The maximum Gasteiger partial charge on any atom is 0.170 e. The van der Waals surface area contributed by atoms with Crippen molar-refractivity contribution in [1.29, 1.82) is 0 Å². The van der Waals surface area contributed by atoms with Crippen LogP contribution in [0.1, 0.15) is 23.4 Å². The largest absolute Gasteiger partial charge is 0.391 e. The van der Waals surface area contributed by atoms with Gasteiger partial charge in [0.15, 0.2) is 5.78 Å². The SMILES string of the molecule is O=C1CC=C(c2cc(F)c(CO)c(F)c2)C=C1c1nc2ccc(N3CCNCC3)cc2[nH]1. The van der Waals surface area contributed by atoms with E-state index in [-0.39, 0.29) is 17.8 Å². The molecule has 2 aliphatic rings. The highest BCUT2D eigenvalue weighted by Gasteiger charge is 2.22. The monoisotopic (exact) mass is 436 g/mol. The van der Waals surface area contributed by atoms with Crippen molar-refractivity contribution < 1.29 is 18.7 Å². The minimum absolute atomic E-state index is 0.106. The van der Waals surface area contributed by atoms with Crippen LogP contribution in [0.25, 0.3) is 22.2 Å². The fourth-order valence-electron chi connectivity index (χ4n) is 4.17. The minimum Gasteiger partial charge on any atom is -0.391 e. The molecule has 1 fully saturated rings. The zero-order valence-electron chi connectivity index (χ0n) is 17.3. The number of hydrogen-bond donors (Lipinski definition) is 3. The van der Waals surface area contributed by atoms with E-state index >= 15 is 0 Å². The van der Waals surface area contributed by atoms with Gasteiger partial charge in [0, 0.05) is 43.9 Å². The van der Waals surface area contributed by atoms with Crippen molar-refractivity contribution in [3.8, 4) is 0 Å². The van der Waals surface area contributed by atoms with E-state index in [2.05, 4.69) is 20.2 Å². The van der Waals surface area contributed by atoms with Gasteiger partial charge in [0.2, 0.25) is 0 Å². The third-order valence-corrected chi connectivity index (χ3v) is 5.94. The molecule has 0 radical (unpaired) electrons. The number of rotatable bonds is 4. The first-order valence-corrected chi connectivity index (χ1v) is 10.5. The molecular formula is C24H22F2N4O2. The third kappa shape index (κ3) is 3.72. The summed E-state index contributed by atoms with van der Waals surface area (Å²) in [7, 11) is 0. The predicted octanol–water partition coefficient (Wildman–Crippen LogP) is 3.18. The number of Topliss-reactive ketones (excluding diaryl/α,β-unsaturated/α-hetero) is 1. The molecule has 2 heterocycles. The number of aliphatic hydroxyl groups is 1. The number of H-pyrrole nitrogens is 1. The number of ketones is 1. The Morgan fingerprint density at radius 2 is 1.84 bits per heavy atom. The van der Waals surface area contributed by atoms with Crippen LogP contribution in [0.5, 0.6) is 0 Å². The summed E-state index contributed by atoms with van der Waals surface area (Å²) in [6.07, 6.45) is 3.35. The van der Waals surface area contributed by atoms with Gasteiger partial charge in [-0.25, -0.2) is 13.8 Å². The van der Waals surface area contributed by atoms with Crippen LogP contribution in [0, 0.1) is 11.6 Å². The van der Waals surface area contributed by atoms with Crippen molar-refractivity contribution in [2.75, 3.05) is 31.1 Å². The third-order valence-electron chi connectivity index (χ3n) is 5.94. The molecule has 1 saturated heterocycles. The number of allylic oxidation sites excluding steroid dienone is 4. The highest BCUT2D eigenvalue weighted by molar-refractivity contribution is 6.24. The van der Waals surface area contributed by atoms with Crippen LogP contribution in [0.4, 0.5) is 14.5 Å². The number of hydrogen-bond acceptors (Lipinski definition) is 5. The minimum atomic E-state index is -0.820. The first-order chi connectivity index (χ1) is 15.5. The number of nitrogens with zero attached hydrogens (tertiary/aromatic N) is 2. The van der Waals surface area contributed by atoms with Crippen molar-refractivity contribution in [2.24, 2.45) is 0 Å². The molecule has 2 aromatic carbocycles. The van der Waals surface area contributed by atoms with E-state index in [1.165, 1.54) is 12.1 Å². The van der Waals surface area contributed by atoms with E-state index < -0.39 is 18.2 Å². The Labute approximate surface area is 183 Å². The molecule has 0 unspecified atom stereocenters. The number of anilines is 1. The fourth-order valence-corrected chi connectivity index (χ4v) is 4.17. The smallest absolute Gasteiger partial charge is 0.170 e. The summed E-state index contributed by atoms with van der Waals surface area (Å²) in [5.41, 5.74) is 3.49. The van der Waals surface area contributed by atoms with Crippen LogP contribution in [-0.2, 0) is 11.4 Å². The van der Waals surface area contributed by atoms with E-state index in [0.29, 0.717) is 22.5 Å². The van der Waals surface area contributed by atoms with Gasteiger partial charge in [-0.05, 0) is 47.5 Å². The van der Waals surface area contributed by atoms with Gasteiger partial charge >= 0.3 is 0 Å². The van der Waals surface area contributed by atoms with Crippen molar-refractivity contribution in [3.05, 3.63) is 71.1 Å². The number of carbonyl (C=O) groups excluding carboxylic acids is 1. The quantitative estimate of drug-likeness (QED) is 0.585. The lowest BCUT2D eigenvalue weighted by Crippen LogP contribution is -2.43. The average molecular weight is 436 g/mol. The van der Waals surface area contributed by atoms with Gasteiger partial charge in [-0.15, -0.1) is 0 Å². The summed E-state index contributed by atoms with van der Waals surface area (Å²) < 4.78 is 28.3. The van der Waals surface area contributed by atoms with Crippen LogP contribution in [0.3, 0.4) is 0 Å². The van der Waals surface area contributed by atoms with Crippen LogP contribution in [0.15, 0.2) is 42.5 Å². The first-order valence-electron chi connectivity index (χ1n) is 10.5. The van der Waals surface area contributed by atoms with Crippen LogP contribution < -0.4 is 10.2 Å². The molecule has 0 amide bonds. The lowest BCUT2D eigenvalue weighted by molar-refractivity contribution is -0.113. The molecule has 8 heteroatoms. The normalized spacial score (nSPS) is 17.0. The van der Waals surface area contributed by atoms with Gasteiger partial charge in [-0.1, -0.05) is 6.08 Å². The Bertz CT molecular complexity index is 1250. The van der Waals surface area contributed by atoms with Gasteiger partial charge in [0.25, 0.3) is 0 Å². The van der Waals surface area contributed by atoms with Crippen LogP contribution in [-0.4, -0.2) is 47.0 Å². The van der Waals surface area contributed by atoms with E-state index in [9.17, 15) is 13.6 Å². The Hall–Kier alpha value is -3.36. The predicted molar refractivity (Wildman–Crippen MR) is 119 cm³/mol. The lowest BCUT2D eigenvalue weighted by atomic mass is 9.92. The summed E-state index contributed by atoms with van der Waals surface area (Å²) in [5, 5.41) is 12.5. The molecule has 1 aromatic heterocycles. The van der Waals surface area contributed by atoms with Crippen LogP contribution in [0.2, 0.25) is 0 Å². The van der Waals surface area contributed by atoms with Gasteiger partial charge in [-0.2, -0.15) is 0 Å². The molecule has 0 atom stereocenters. The maximum absolute atomic E-state index is 14.2. The molecule has 3 aromatic rings. The summed E-state index contributed by atoms with van der Waals surface area (Å²) in [5.74, 6) is -1.33. The van der Waals surface area contributed by atoms with Crippen LogP contribution >= 0.6 is 0 Å². The summed E-state index contributed by atoms with van der Waals surface area (Å²) in [6, 6.07) is 8.32. The molecule has 32 heavy (non-hydrogen) atoms. The molecule has 1 aliphatic heterocycles. The number of aromatic nitrogens is 2. The van der Waals surface area contributed by atoms with Gasteiger partial charge in [-0.3, -0.25) is 4.79 Å². The zero-order valence-corrected chi connectivity index (χ0v) is 17.3. The number of piperazine rings is 1. The molecule has 164 valence electrons. The van der Waals surface area contributed by atoms with Gasteiger partial charge < -0.3 is 20.3 Å². The maximum atomic E-state index is 14.2. The summed E-state index contributed by atoms with van der Waals surface area (Å²) in [4.78, 5) is 22.7. The molecule has 5 rings (SSSR count). The Balaban J connectivity index is 1.49. The van der Waals surface area contributed by atoms with Crippen molar-refractivity contribution >= 4 is 33.7 Å². The number of nitrogens with one attached hydrogen (secondary N) is 2. The molecule has 6 nitrogen and oxygen atoms in total. The topological polar surface area (TPSA) is 81.2 Å². The Morgan fingerprint density at radius 1 is 1.09 bits per heavy atom. The molecule has 0 bridgehead atoms. The van der Waals surface area contributed by atoms with E-state index in [0.717, 1.165) is 42.9 Å². The van der Waals surface area contributed by atoms with E-state index in [1.807, 2.05) is 18.2 Å². The second kappa shape index (κ2) is 8.29. The molecular weight excluding hydrogens is 414 g/mol. The second-order valence-electron chi connectivity index (χ2n) is 7.95. The molecule has 0 saturated carbocycles. The highest BCUT2D eigenvalue weighted by Crippen LogP contribution is 2.31. The van der Waals surface area contributed by atoms with Crippen molar-refractivity contribution in [3.63, 3.8) is 0 Å². The number of fused-ring (bicyclic) bond motifs is 1. The second-order valence-corrected chi connectivity index (χ2v) is 7.95. The molecule has 1 aliphatic carbocycles. The molecule has 0 spiro atoms.